The second-order valence-electron chi connectivity index (χ2n) is 29.7. The number of aryl methyl sites for hydroxylation is 2. The number of hydrogen-bond donors (Lipinski definition) is 0. The Hall–Kier alpha value is -4.56. The summed E-state index contributed by atoms with van der Waals surface area (Å²) in [4.78, 5) is 0. The molecule has 0 saturated carbocycles. The molecule has 0 saturated heterocycles. The Bertz CT molecular complexity index is 2680. The van der Waals surface area contributed by atoms with E-state index in [0.29, 0.717) is 11.8 Å². The molecule has 0 aliphatic carbocycles. The molecule has 4 aromatic rings. The molecule has 4 aromatic carbocycles. The molecule has 1 aliphatic rings. The average molecular weight is 1460 g/mol. The van der Waals surface area contributed by atoms with Crippen LogP contribution in [0.2, 0.25) is 0 Å². The predicted molar refractivity (Wildman–Crippen MR) is 436 cm³/mol. The Morgan fingerprint density at radius 1 is 0.320 bits per heavy atom. The van der Waals surface area contributed by atoms with Gasteiger partial charge in [0.05, 0.1) is 5.57 Å². The van der Waals surface area contributed by atoms with Gasteiger partial charge in [0.15, 0.2) is 0 Å². The van der Waals surface area contributed by atoms with Gasteiger partial charge in [-0.3, -0.25) is 0 Å². The van der Waals surface area contributed by atoms with Crippen LogP contribution >= 0.6 is 0 Å². The van der Waals surface area contributed by atoms with E-state index in [4.69, 9.17) is 6.92 Å². The zero-order valence-corrected chi connectivity index (χ0v) is 67.1. The van der Waals surface area contributed by atoms with Gasteiger partial charge in [-0.15, -0.1) is 0 Å². The fraction of sp³-hybridized carbons (Fsp3) is 0.642. The topological polar surface area (TPSA) is 43.8 Å². The van der Waals surface area contributed by atoms with Gasteiger partial charge in [-0.05, 0) is 125 Å². The third-order valence-corrected chi connectivity index (χ3v) is 21.9. The zero-order valence-electron chi connectivity index (χ0n) is 65.5. The van der Waals surface area contributed by atoms with Crippen LogP contribution in [0.4, 0.5) is 0 Å². The summed E-state index contributed by atoms with van der Waals surface area (Å²) in [6.07, 6.45) is 85.3. The van der Waals surface area contributed by atoms with Crippen molar-refractivity contribution >= 4 is 11.4 Å². The molecule has 1 aliphatic heterocycles. The second kappa shape index (κ2) is 63.0. The van der Waals surface area contributed by atoms with E-state index < -0.39 is 0 Å². The predicted octanol–water partition coefficient (Wildman–Crippen LogP) is 31.9. The van der Waals surface area contributed by atoms with Gasteiger partial charge in [0.1, 0.15) is 0 Å². The quantitative estimate of drug-likeness (QED) is 0.0191. The minimum atomic E-state index is -0.207. The van der Waals surface area contributed by atoms with Crippen LogP contribution in [0.5, 0.6) is 11.5 Å². The van der Waals surface area contributed by atoms with E-state index in [1.54, 1.807) is 4.70 Å². The Labute approximate surface area is 627 Å². The second-order valence-corrected chi connectivity index (χ2v) is 30.6. The number of rotatable bonds is 64. The van der Waals surface area contributed by atoms with Crippen molar-refractivity contribution in [3.63, 3.8) is 0 Å². The summed E-state index contributed by atoms with van der Waals surface area (Å²) < 4.78 is 12.6. The third-order valence-electron chi connectivity index (χ3n) is 20.9. The van der Waals surface area contributed by atoms with Crippen LogP contribution in [0.15, 0.2) is 157 Å². The van der Waals surface area contributed by atoms with Crippen LogP contribution in [-0.4, -0.2) is 4.70 Å². The number of benzene rings is 4. The van der Waals surface area contributed by atoms with E-state index >= 15 is 0 Å². The molecule has 0 aromatic heterocycles. The van der Waals surface area contributed by atoms with Crippen LogP contribution in [-0.2, 0) is 31.6 Å². The maximum absolute atomic E-state index is 13.1. The molecule has 2 atom stereocenters. The molecule has 0 spiro atoms. The van der Waals surface area contributed by atoms with Crippen molar-refractivity contribution in [2.24, 2.45) is 11.8 Å². The van der Waals surface area contributed by atoms with Crippen LogP contribution in [0.25, 0.3) is 16.9 Å². The van der Waals surface area contributed by atoms with Gasteiger partial charge in [-0.1, -0.05) is 365 Å². The Morgan fingerprint density at radius 2 is 0.640 bits per heavy atom. The van der Waals surface area contributed by atoms with Crippen molar-refractivity contribution in [3.8, 4) is 11.5 Å². The number of unbranched alkanes of at least 4 members (excludes halogenated alkanes) is 38. The summed E-state index contributed by atoms with van der Waals surface area (Å²) in [5, 5.41) is 0. The maximum atomic E-state index is 13.1. The molecule has 2 unspecified atom stereocenters. The first kappa shape index (κ1) is 87.8. The molecule has 0 radical (unpaired) electrons. The van der Waals surface area contributed by atoms with Crippen LogP contribution in [0.3, 0.4) is 0 Å². The Morgan fingerprint density at radius 3 is 1.01 bits per heavy atom. The SMILES string of the molecule is CCCCCCCCCC=CC1=C(c2ccccc2CCC(CC=CCCCCCCCCCCCCCCCC)CCCC)[N+](=[N-])C(c2ccccc2CCC(CC=CCCCCCCCCCCCCCCCC)CCCC)=C1CCCC.c1ccc([O][Pd][O]c2ccccc2)cc1. The molecule has 4 nitrogen and oxygen atoms in total. The fourth-order valence-electron chi connectivity index (χ4n) is 14.5. The summed E-state index contributed by atoms with van der Waals surface area (Å²) in [6, 6.07) is 37.6. The molecule has 0 N–H and O–H groups in total. The van der Waals surface area contributed by atoms with Crippen molar-refractivity contribution in [1.29, 1.82) is 0 Å². The molecule has 1 heterocycles. The van der Waals surface area contributed by atoms with Gasteiger partial charge < -0.3 is 5.53 Å². The molecule has 0 fully saturated rings. The van der Waals surface area contributed by atoms with Crippen LogP contribution < -0.4 is 6.92 Å². The fourth-order valence-corrected chi connectivity index (χ4v) is 15.3. The first-order chi connectivity index (χ1) is 49.5. The van der Waals surface area contributed by atoms with E-state index in [2.05, 4.69) is 127 Å². The van der Waals surface area contributed by atoms with Gasteiger partial charge in [0.2, 0.25) is 11.4 Å². The zero-order chi connectivity index (χ0) is 71.1. The van der Waals surface area contributed by atoms with Gasteiger partial charge >= 0.3 is 97.8 Å². The van der Waals surface area contributed by atoms with E-state index in [-0.39, 0.29) is 18.7 Å². The summed E-state index contributed by atoms with van der Waals surface area (Å²) in [6.45, 7) is 14.0. The summed E-state index contributed by atoms with van der Waals surface area (Å²) in [7, 11) is 0. The van der Waals surface area contributed by atoms with Crippen LogP contribution in [0.1, 0.15) is 391 Å². The number of hydrogen-bond acceptors (Lipinski definition) is 2. The molecular formula is C95H150N2O2Pd. The van der Waals surface area contributed by atoms with E-state index in [1.807, 2.05) is 60.7 Å². The van der Waals surface area contributed by atoms with E-state index in [0.717, 1.165) is 61.4 Å². The molecule has 5 heteroatoms. The van der Waals surface area contributed by atoms with Gasteiger partial charge in [0.25, 0.3) is 0 Å². The number of nitrogens with zero attached hydrogens (tertiary/aromatic N) is 2. The van der Waals surface area contributed by atoms with E-state index in [9.17, 15) is 5.53 Å². The molecule has 0 bridgehead atoms. The molecule has 562 valence electrons. The van der Waals surface area contributed by atoms with Crippen LogP contribution in [0, 0.1) is 11.8 Å². The molecular weight excluding hydrogens is 1310 g/mol. The summed E-state index contributed by atoms with van der Waals surface area (Å²) >= 11 is -0.207. The monoisotopic (exact) mass is 1460 g/mol. The molecule has 100 heavy (non-hydrogen) atoms. The summed E-state index contributed by atoms with van der Waals surface area (Å²) in [5.74, 6) is 3.03. The first-order valence-corrected chi connectivity index (χ1v) is 43.9. The van der Waals surface area contributed by atoms with Gasteiger partial charge in [0, 0.05) is 16.7 Å². The summed E-state index contributed by atoms with van der Waals surface area (Å²) in [5.41, 5.74) is 22.9. The number of allylic oxidation sites excluding steroid dienone is 8. The van der Waals surface area contributed by atoms with E-state index in [1.165, 1.54) is 335 Å². The third kappa shape index (κ3) is 41.7. The van der Waals surface area contributed by atoms with Crippen molar-refractivity contribution < 1.29 is 30.3 Å². The normalized spacial score (nSPS) is 13.2. The first-order valence-electron chi connectivity index (χ1n) is 42.6. The Kier molecular flexibility index (Phi) is 55.3. The average Bonchev–Trinajstić information content (AvgIpc) is 1.60. The standard InChI is InChI=1S/C83H140N2.2C6H6O.Pd/c1-7-13-19-22-25-28-30-32-34-36-38-40-42-45-47-50-53-62-74(60-16-10-4)70-72-76-64-56-58-67-78(76)82-80(66-18-12-6)81(69-55-52-49-44-27-24-21-15-9-3)83(85(82)84)79-68-59-57-65-77(79)73-71-75(61-17-11-5)63-54-51-48-46-43-41-39-37-35-33-31-29-26-23-20-14-8-2;2*7-6-4-2-1-3-5-6;/h50-51,53-59,64-65,67-69,74-75H,7-49,52,60-63,66,70-73H2,1-6H3;2*1-5,7H;/q;;;+2/p-2. The van der Waals surface area contributed by atoms with Gasteiger partial charge in [-0.25, -0.2) is 4.70 Å². The van der Waals surface area contributed by atoms with Crippen molar-refractivity contribution in [2.45, 2.75) is 382 Å². The molecule has 0 amide bonds. The van der Waals surface area contributed by atoms with Crippen molar-refractivity contribution in [2.75, 3.05) is 0 Å². The Balaban J connectivity index is 0.00000123. The van der Waals surface area contributed by atoms with Gasteiger partial charge in [-0.2, -0.15) is 0 Å². The minimum absolute atomic E-state index is 0.207. The van der Waals surface area contributed by atoms with Crippen molar-refractivity contribution in [3.05, 3.63) is 185 Å². The number of para-hydroxylation sites is 2. The molecule has 5 rings (SSSR count). The van der Waals surface area contributed by atoms with Crippen molar-refractivity contribution in [1.82, 2.24) is 0 Å².